The lowest BCUT2D eigenvalue weighted by atomic mass is 10.1. The van der Waals surface area contributed by atoms with Gasteiger partial charge in [0.25, 0.3) is 11.8 Å². The quantitative estimate of drug-likeness (QED) is 0.825. The van der Waals surface area contributed by atoms with Crippen LogP contribution < -0.4 is 5.32 Å². The molecule has 25 heavy (non-hydrogen) atoms. The van der Waals surface area contributed by atoms with Crippen LogP contribution in [0.25, 0.3) is 0 Å². The van der Waals surface area contributed by atoms with Gasteiger partial charge in [-0.25, -0.2) is 4.98 Å². The molecule has 1 aromatic carbocycles. The maximum atomic E-state index is 12.8. The number of aromatic nitrogens is 1. The minimum atomic E-state index is -0.197. The van der Waals surface area contributed by atoms with Crippen LogP contribution in [0.1, 0.15) is 53.5 Å². The third-order valence-corrected chi connectivity index (χ3v) is 4.57. The van der Waals surface area contributed by atoms with Crippen molar-refractivity contribution in [1.82, 2.24) is 15.2 Å². The molecule has 1 N–H and O–H groups in total. The van der Waals surface area contributed by atoms with Crippen LogP contribution >= 0.6 is 22.9 Å². The number of benzene rings is 1. The van der Waals surface area contributed by atoms with Gasteiger partial charge in [0, 0.05) is 28.0 Å². The van der Waals surface area contributed by atoms with Crippen LogP contribution in [-0.2, 0) is 6.54 Å². The average Bonchev–Trinajstić information content (AvgIpc) is 3.00. The predicted molar refractivity (Wildman–Crippen MR) is 101 cm³/mol. The van der Waals surface area contributed by atoms with Gasteiger partial charge in [0.2, 0.25) is 0 Å². The molecule has 7 heteroatoms. The maximum absolute atomic E-state index is 12.8. The van der Waals surface area contributed by atoms with Crippen molar-refractivity contribution in [3.8, 4) is 0 Å². The van der Waals surface area contributed by atoms with Gasteiger partial charge < -0.3 is 10.2 Å². The normalized spacial score (nSPS) is 11.0. The van der Waals surface area contributed by atoms with Crippen molar-refractivity contribution in [2.45, 2.75) is 46.3 Å². The summed E-state index contributed by atoms with van der Waals surface area (Å²) in [7, 11) is 0. The van der Waals surface area contributed by atoms with Gasteiger partial charge in [-0.3, -0.25) is 9.59 Å². The Bertz CT molecular complexity index is 741. The summed E-state index contributed by atoms with van der Waals surface area (Å²) < 4.78 is 0. The smallest absolute Gasteiger partial charge is 0.270 e. The van der Waals surface area contributed by atoms with Gasteiger partial charge in [-0.2, -0.15) is 0 Å². The Hall–Kier alpha value is -1.92. The summed E-state index contributed by atoms with van der Waals surface area (Å²) in [6, 6.07) is 6.87. The summed E-state index contributed by atoms with van der Waals surface area (Å²) in [6.07, 6.45) is 0. The first-order valence-electron chi connectivity index (χ1n) is 8.09. The van der Waals surface area contributed by atoms with Crippen LogP contribution in [0.15, 0.2) is 29.6 Å². The molecule has 1 heterocycles. The van der Waals surface area contributed by atoms with E-state index in [1.807, 2.05) is 27.7 Å². The molecule has 0 saturated carbocycles. The number of halogens is 1. The highest BCUT2D eigenvalue weighted by atomic mass is 35.5. The van der Waals surface area contributed by atoms with Gasteiger partial charge >= 0.3 is 0 Å². The summed E-state index contributed by atoms with van der Waals surface area (Å²) in [5.41, 5.74) is 0.962. The molecule has 0 aliphatic rings. The third kappa shape index (κ3) is 5.28. The maximum Gasteiger partial charge on any atom is 0.270 e. The molecule has 2 amide bonds. The Balaban J connectivity index is 2.14. The molecule has 5 nitrogen and oxygen atoms in total. The third-order valence-electron chi connectivity index (χ3n) is 3.49. The first-order valence-corrected chi connectivity index (χ1v) is 9.35. The summed E-state index contributed by atoms with van der Waals surface area (Å²) in [6.45, 7) is 8.06. The minimum absolute atomic E-state index is 0.0000172. The molecule has 0 saturated heterocycles. The van der Waals surface area contributed by atoms with Gasteiger partial charge in [0.05, 0.1) is 6.54 Å². The van der Waals surface area contributed by atoms with E-state index in [9.17, 15) is 9.59 Å². The van der Waals surface area contributed by atoms with Crippen LogP contribution in [0.4, 0.5) is 0 Å². The van der Waals surface area contributed by atoms with Crippen LogP contribution in [-0.4, -0.2) is 33.8 Å². The number of carbonyl (C=O) groups excluding carboxylic acids is 2. The van der Waals surface area contributed by atoms with Gasteiger partial charge in [0.15, 0.2) is 0 Å². The number of nitrogens with zero attached hydrogens (tertiary/aromatic N) is 2. The molecule has 0 aliphatic heterocycles. The van der Waals surface area contributed by atoms with E-state index in [1.165, 1.54) is 11.3 Å². The van der Waals surface area contributed by atoms with Crippen LogP contribution in [0.3, 0.4) is 0 Å². The van der Waals surface area contributed by atoms with Gasteiger partial charge in [-0.15, -0.1) is 11.3 Å². The Morgan fingerprint density at radius 3 is 2.40 bits per heavy atom. The van der Waals surface area contributed by atoms with Crippen molar-refractivity contribution in [3.63, 3.8) is 0 Å². The lowest BCUT2D eigenvalue weighted by Gasteiger charge is -2.26. The second kappa shape index (κ2) is 8.45. The lowest BCUT2D eigenvalue weighted by molar-refractivity contribution is 0.0690. The number of nitrogens with one attached hydrogen (secondary N) is 1. The van der Waals surface area contributed by atoms with E-state index >= 15 is 0 Å². The number of hydrogen-bond donors (Lipinski definition) is 1. The van der Waals surface area contributed by atoms with Crippen molar-refractivity contribution in [3.05, 3.63) is 50.9 Å². The first-order chi connectivity index (χ1) is 11.8. The molecule has 2 rings (SSSR count). The highest BCUT2D eigenvalue weighted by molar-refractivity contribution is 7.09. The van der Waals surface area contributed by atoms with E-state index in [4.69, 9.17) is 11.6 Å². The Morgan fingerprint density at radius 2 is 1.84 bits per heavy atom. The Morgan fingerprint density at radius 1 is 1.20 bits per heavy atom. The SMILES string of the molecule is CC(C)NC(=O)c1csc(CN(C(=O)c2ccc(Cl)cc2)C(C)C)n1. The average molecular weight is 380 g/mol. The van der Waals surface area contributed by atoms with Crippen molar-refractivity contribution in [1.29, 1.82) is 0 Å². The van der Waals surface area contributed by atoms with Crippen molar-refractivity contribution >= 4 is 34.8 Å². The molecule has 0 unspecified atom stereocenters. The molecular weight excluding hydrogens is 358 g/mol. The number of amides is 2. The molecule has 0 spiro atoms. The van der Waals surface area contributed by atoms with Crippen LogP contribution in [0, 0.1) is 0 Å². The summed E-state index contributed by atoms with van der Waals surface area (Å²) >= 11 is 7.26. The Kier molecular flexibility index (Phi) is 6.56. The first kappa shape index (κ1) is 19.4. The molecule has 0 fully saturated rings. The molecule has 2 aromatic rings. The molecule has 0 bridgehead atoms. The van der Waals surface area contributed by atoms with Crippen molar-refractivity contribution in [2.75, 3.05) is 0 Å². The van der Waals surface area contributed by atoms with Crippen LogP contribution in [0.5, 0.6) is 0 Å². The predicted octanol–water partition coefficient (Wildman–Crippen LogP) is 3.99. The second-order valence-corrected chi connectivity index (χ2v) is 7.67. The zero-order valence-electron chi connectivity index (χ0n) is 14.7. The van der Waals surface area contributed by atoms with Crippen molar-refractivity contribution in [2.24, 2.45) is 0 Å². The molecule has 134 valence electrons. The lowest BCUT2D eigenvalue weighted by Crippen LogP contribution is -2.36. The highest BCUT2D eigenvalue weighted by Gasteiger charge is 2.21. The van der Waals surface area contributed by atoms with E-state index in [0.29, 0.717) is 22.8 Å². The fraction of sp³-hybridized carbons (Fsp3) is 0.389. The fourth-order valence-corrected chi connectivity index (χ4v) is 3.11. The van der Waals surface area contributed by atoms with Gasteiger partial charge in [0.1, 0.15) is 10.7 Å². The van der Waals surface area contributed by atoms with E-state index in [2.05, 4.69) is 10.3 Å². The molecule has 0 atom stereocenters. The molecule has 0 aliphatic carbocycles. The van der Waals surface area contributed by atoms with Crippen LogP contribution in [0.2, 0.25) is 5.02 Å². The molecular formula is C18H22ClN3O2S. The minimum Gasteiger partial charge on any atom is -0.349 e. The van der Waals surface area contributed by atoms with E-state index in [-0.39, 0.29) is 23.9 Å². The molecule has 0 radical (unpaired) electrons. The fourth-order valence-electron chi connectivity index (χ4n) is 2.22. The van der Waals surface area contributed by atoms with Gasteiger partial charge in [-0.1, -0.05) is 11.6 Å². The van der Waals surface area contributed by atoms with E-state index in [1.54, 1.807) is 34.5 Å². The summed E-state index contributed by atoms with van der Waals surface area (Å²) in [5, 5.41) is 5.85. The van der Waals surface area contributed by atoms with E-state index < -0.39 is 0 Å². The summed E-state index contributed by atoms with van der Waals surface area (Å²) in [5.74, 6) is -0.285. The number of carbonyl (C=O) groups is 2. The van der Waals surface area contributed by atoms with Crippen molar-refractivity contribution < 1.29 is 9.59 Å². The monoisotopic (exact) mass is 379 g/mol. The van der Waals surface area contributed by atoms with Gasteiger partial charge in [-0.05, 0) is 52.0 Å². The Labute approximate surface area is 157 Å². The summed E-state index contributed by atoms with van der Waals surface area (Å²) in [4.78, 5) is 30.9. The molecule has 1 aromatic heterocycles. The zero-order chi connectivity index (χ0) is 18.6. The zero-order valence-corrected chi connectivity index (χ0v) is 16.3. The second-order valence-electron chi connectivity index (χ2n) is 6.29. The van der Waals surface area contributed by atoms with E-state index in [0.717, 1.165) is 5.01 Å². The number of hydrogen-bond acceptors (Lipinski definition) is 4. The standard InChI is InChI=1S/C18H22ClN3O2S/c1-11(2)20-17(23)15-10-25-16(21-15)9-22(12(3)4)18(24)13-5-7-14(19)8-6-13/h5-8,10-12H,9H2,1-4H3,(H,20,23). The number of rotatable bonds is 6. The largest absolute Gasteiger partial charge is 0.349 e. The topological polar surface area (TPSA) is 62.3 Å². The number of thiazole rings is 1. The highest BCUT2D eigenvalue weighted by Crippen LogP contribution is 2.18.